The van der Waals surface area contributed by atoms with Gasteiger partial charge in [0.05, 0.1) is 23.8 Å². The molecule has 0 fully saturated rings. The Hall–Kier alpha value is -3.78. The maximum atomic E-state index is 13.6. The molecular weight excluding hydrogens is 406 g/mol. The maximum Gasteiger partial charge on any atom is 0.265 e. The van der Waals surface area contributed by atoms with Crippen molar-refractivity contribution in [1.82, 2.24) is 24.1 Å². The van der Waals surface area contributed by atoms with Gasteiger partial charge < -0.3 is 9.47 Å². The summed E-state index contributed by atoms with van der Waals surface area (Å²) in [6.07, 6.45) is 0.716. The van der Waals surface area contributed by atoms with Gasteiger partial charge in [-0.1, -0.05) is 18.2 Å². The fourth-order valence-corrected chi connectivity index (χ4v) is 4.06. The molecule has 162 valence electrons. The van der Waals surface area contributed by atoms with Crippen LogP contribution in [0, 0.1) is 6.92 Å². The van der Waals surface area contributed by atoms with Gasteiger partial charge in [0, 0.05) is 26.3 Å². The van der Waals surface area contributed by atoms with E-state index in [2.05, 4.69) is 0 Å². The molecule has 0 atom stereocenters. The lowest BCUT2D eigenvalue weighted by atomic mass is 10.3. The highest BCUT2D eigenvalue weighted by Crippen LogP contribution is 2.29. The first-order valence-corrected chi connectivity index (χ1v) is 10.4. The van der Waals surface area contributed by atoms with Crippen molar-refractivity contribution in [2.45, 2.75) is 19.9 Å². The number of para-hydroxylation sites is 2. The van der Waals surface area contributed by atoms with E-state index in [1.54, 1.807) is 18.8 Å². The number of aromatic nitrogens is 5. The summed E-state index contributed by atoms with van der Waals surface area (Å²) in [5.74, 6) is 1.34. The topological polar surface area (TPSA) is 84.1 Å². The van der Waals surface area contributed by atoms with Crippen molar-refractivity contribution >= 4 is 33.2 Å². The first-order valence-electron chi connectivity index (χ1n) is 10.4. The summed E-state index contributed by atoms with van der Waals surface area (Å²) >= 11 is 0. The van der Waals surface area contributed by atoms with Gasteiger partial charge in [-0.15, -0.1) is 0 Å². The minimum atomic E-state index is -0.125. The number of ether oxygens (including phenoxy) is 2. The summed E-state index contributed by atoms with van der Waals surface area (Å²) in [7, 11) is 3.28. The quantitative estimate of drug-likeness (QED) is 0.383. The van der Waals surface area contributed by atoms with E-state index in [-0.39, 0.29) is 5.56 Å². The standard InChI is InChI=1S/C24H23N5O3/c1-15-25-22-20(24(30)28(15)12-7-13-31-2)21-23(27-19-11-5-4-10-18(19)26-21)29(22)16-8-6-9-17(14-16)32-3/h4-6,8-11,14H,7,12-13H2,1-3H3. The number of benzene rings is 2. The molecule has 0 saturated heterocycles. The predicted octanol–water partition coefficient (Wildman–Crippen LogP) is 3.64. The van der Waals surface area contributed by atoms with E-state index in [9.17, 15) is 4.79 Å². The number of aryl methyl sites for hydroxylation is 1. The molecule has 5 rings (SSSR count). The number of rotatable bonds is 6. The fourth-order valence-electron chi connectivity index (χ4n) is 4.06. The number of hydrogen-bond donors (Lipinski definition) is 0. The SMILES string of the molecule is COCCCn1c(C)nc2c(c1=O)c1nc3ccccc3nc1n2-c1cccc(OC)c1. The smallest absolute Gasteiger partial charge is 0.265 e. The van der Waals surface area contributed by atoms with Crippen LogP contribution in [-0.2, 0) is 11.3 Å². The second-order valence-corrected chi connectivity index (χ2v) is 7.58. The molecule has 0 spiro atoms. The van der Waals surface area contributed by atoms with Gasteiger partial charge in [0.25, 0.3) is 5.56 Å². The van der Waals surface area contributed by atoms with E-state index in [0.717, 1.165) is 16.7 Å². The molecule has 0 aliphatic heterocycles. The fraction of sp³-hybridized carbons (Fsp3) is 0.250. The summed E-state index contributed by atoms with van der Waals surface area (Å²) in [4.78, 5) is 28.2. The normalized spacial score (nSPS) is 11.6. The van der Waals surface area contributed by atoms with Crippen LogP contribution >= 0.6 is 0 Å². The molecule has 0 N–H and O–H groups in total. The van der Waals surface area contributed by atoms with Crippen LogP contribution in [0.25, 0.3) is 38.9 Å². The molecule has 0 bridgehead atoms. The summed E-state index contributed by atoms with van der Waals surface area (Å²) in [6.45, 7) is 2.94. The lowest BCUT2D eigenvalue weighted by Gasteiger charge is -2.11. The van der Waals surface area contributed by atoms with Crippen molar-refractivity contribution in [2.24, 2.45) is 0 Å². The Morgan fingerprint density at radius 2 is 1.72 bits per heavy atom. The van der Waals surface area contributed by atoms with Crippen molar-refractivity contribution < 1.29 is 9.47 Å². The second kappa shape index (κ2) is 8.05. The molecule has 0 amide bonds. The summed E-state index contributed by atoms with van der Waals surface area (Å²) in [5, 5.41) is 0.462. The van der Waals surface area contributed by atoms with Crippen molar-refractivity contribution in [3.8, 4) is 11.4 Å². The molecule has 8 heteroatoms. The van der Waals surface area contributed by atoms with Crippen LogP contribution in [0.3, 0.4) is 0 Å². The molecule has 8 nitrogen and oxygen atoms in total. The van der Waals surface area contributed by atoms with Crippen LogP contribution in [0.5, 0.6) is 5.75 Å². The summed E-state index contributed by atoms with van der Waals surface area (Å²) in [6, 6.07) is 15.3. The van der Waals surface area contributed by atoms with Gasteiger partial charge in [-0.3, -0.25) is 13.9 Å². The van der Waals surface area contributed by atoms with E-state index in [1.165, 1.54) is 0 Å². The highest BCUT2D eigenvalue weighted by Gasteiger charge is 2.22. The van der Waals surface area contributed by atoms with Crippen molar-refractivity contribution in [2.75, 3.05) is 20.8 Å². The van der Waals surface area contributed by atoms with E-state index in [4.69, 9.17) is 24.4 Å². The molecule has 0 saturated carbocycles. The lowest BCUT2D eigenvalue weighted by Crippen LogP contribution is -2.24. The Balaban J connectivity index is 1.90. The Kier molecular flexibility index (Phi) is 5.07. The molecule has 0 unspecified atom stereocenters. The minimum Gasteiger partial charge on any atom is -0.497 e. The number of hydrogen-bond acceptors (Lipinski definition) is 6. The number of methoxy groups -OCH3 is 2. The van der Waals surface area contributed by atoms with Gasteiger partial charge in [0.1, 0.15) is 22.5 Å². The first kappa shape index (κ1) is 20.1. The molecule has 0 aliphatic carbocycles. The third-order valence-corrected chi connectivity index (χ3v) is 5.60. The number of fused-ring (bicyclic) bond motifs is 4. The molecular formula is C24H23N5O3. The van der Waals surface area contributed by atoms with Gasteiger partial charge in [0.15, 0.2) is 11.3 Å². The zero-order valence-corrected chi connectivity index (χ0v) is 18.2. The van der Waals surface area contributed by atoms with Crippen LogP contribution in [0.2, 0.25) is 0 Å². The van der Waals surface area contributed by atoms with E-state index < -0.39 is 0 Å². The van der Waals surface area contributed by atoms with Gasteiger partial charge in [-0.05, 0) is 37.6 Å². The van der Waals surface area contributed by atoms with E-state index in [1.807, 2.05) is 60.0 Å². The van der Waals surface area contributed by atoms with Crippen molar-refractivity contribution in [1.29, 1.82) is 0 Å². The predicted molar refractivity (Wildman–Crippen MR) is 124 cm³/mol. The Bertz CT molecular complexity index is 1520. The van der Waals surface area contributed by atoms with Gasteiger partial charge >= 0.3 is 0 Å². The third-order valence-electron chi connectivity index (χ3n) is 5.60. The summed E-state index contributed by atoms with van der Waals surface area (Å²) in [5.41, 5.74) is 3.83. The van der Waals surface area contributed by atoms with Crippen LogP contribution in [0.1, 0.15) is 12.2 Å². The Morgan fingerprint density at radius 1 is 0.938 bits per heavy atom. The number of nitrogens with zero attached hydrogens (tertiary/aromatic N) is 5. The Labute approximate surface area is 184 Å². The highest BCUT2D eigenvalue weighted by molar-refractivity contribution is 6.05. The van der Waals surface area contributed by atoms with Crippen LogP contribution < -0.4 is 10.3 Å². The molecule has 0 radical (unpaired) electrons. The molecule has 0 aliphatic rings. The summed E-state index contributed by atoms with van der Waals surface area (Å²) < 4.78 is 14.2. The minimum absolute atomic E-state index is 0.125. The van der Waals surface area contributed by atoms with E-state index >= 15 is 0 Å². The van der Waals surface area contributed by atoms with Crippen molar-refractivity contribution in [3.05, 3.63) is 64.7 Å². The van der Waals surface area contributed by atoms with Crippen LogP contribution in [-0.4, -0.2) is 44.9 Å². The van der Waals surface area contributed by atoms with Gasteiger partial charge in [-0.25, -0.2) is 15.0 Å². The largest absolute Gasteiger partial charge is 0.497 e. The van der Waals surface area contributed by atoms with Crippen molar-refractivity contribution in [3.63, 3.8) is 0 Å². The molecule has 5 aromatic rings. The zero-order valence-electron chi connectivity index (χ0n) is 18.2. The molecule has 32 heavy (non-hydrogen) atoms. The maximum absolute atomic E-state index is 13.6. The molecule has 3 aromatic heterocycles. The monoisotopic (exact) mass is 429 g/mol. The average Bonchev–Trinajstić information content (AvgIpc) is 3.12. The van der Waals surface area contributed by atoms with Gasteiger partial charge in [0.2, 0.25) is 0 Å². The van der Waals surface area contributed by atoms with Gasteiger partial charge in [-0.2, -0.15) is 0 Å². The average molecular weight is 429 g/mol. The molecule has 2 aromatic carbocycles. The Morgan fingerprint density at radius 3 is 2.47 bits per heavy atom. The van der Waals surface area contributed by atoms with Crippen LogP contribution in [0.15, 0.2) is 53.3 Å². The van der Waals surface area contributed by atoms with E-state index in [0.29, 0.717) is 53.3 Å². The van der Waals surface area contributed by atoms with Crippen LogP contribution in [0.4, 0.5) is 0 Å². The second-order valence-electron chi connectivity index (χ2n) is 7.58. The first-order chi connectivity index (χ1) is 15.6. The molecule has 3 heterocycles. The highest BCUT2D eigenvalue weighted by atomic mass is 16.5. The third kappa shape index (κ3) is 3.20. The lowest BCUT2D eigenvalue weighted by molar-refractivity contribution is 0.189. The zero-order chi connectivity index (χ0) is 22.2.